The molecule has 0 aliphatic heterocycles. The van der Waals surface area contributed by atoms with E-state index in [1.165, 1.54) is 19.1 Å². The highest BCUT2D eigenvalue weighted by atomic mass is 35.5. The van der Waals surface area contributed by atoms with Crippen molar-refractivity contribution in [3.63, 3.8) is 0 Å². The lowest BCUT2D eigenvalue weighted by molar-refractivity contribution is -0.138. The summed E-state index contributed by atoms with van der Waals surface area (Å²) in [6, 6.07) is 2.95. The van der Waals surface area contributed by atoms with Crippen LogP contribution >= 0.6 is 12.4 Å². The van der Waals surface area contributed by atoms with Crippen LogP contribution in [0.15, 0.2) is 18.2 Å². The van der Waals surface area contributed by atoms with Gasteiger partial charge in [0.2, 0.25) is 5.91 Å². The number of halogens is 4. The van der Waals surface area contributed by atoms with Crippen molar-refractivity contribution in [3.8, 4) is 0 Å². The second-order valence-corrected chi connectivity index (χ2v) is 4.93. The fraction of sp³-hybridized carbons (Fsp3) is 0.500. The number of carbonyl (C=O) groups excluding carboxylic acids is 1. The summed E-state index contributed by atoms with van der Waals surface area (Å²) in [5.74, 6) is -0.515. The number of aryl methyl sites for hydroxylation is 1. The van der Waals surface area contributed by atoms with Gasteiger partial charge in [0.25, 0.3) is 0 Å². The van der Waals surface area contributed by atoms with Crippen molar-refractivity contribution in [1.29, 1.82) is 0 Å². The topological polar surface area (TPSA) is 55.1 Å². The number of alkyl halides is 3. The average Bonchev–Trinajstić information content (AvgIpc) is 2.37. The molecule has 0 fully saturated rings. The van der Waals surface area contributed by atoms with Gasteiger partial charge >= 0.3 is 6.18 Å². The van der Waals surface area contributed by atoms with Gasteiger partial charge in [-0.1, -0.05) is 26.3 Å². The Labute approximate surface area is 128 Å². The first-order valence-electron chi connectivity index (χ1n) is 6.41. The normalized spacial score (nSPS) is 14.0. The van der Waals surface area contributed by atoms with Crippen LogP contribution in [-0.4, -0.2) is 11.9 Å². The number of hydrogen-bond donors (Lipinski definition) is 2. The number of nitrogens with one attached hydrogen (secondary N) is 1. The molecule has 0 aliphatic carbocycles. The molecule has 0 aromatic heterocycles. The maximum absolute atomic E-state index is 12.8. The number of nitrogens with two attached hydrogens (primary N) is 1. The smallest absolute Gasteiger partial charge is 0.325 e. The highest BCUT2D eigenvalue weighted by Gasteiger charge is 2.32. The number of carbonyl (C=O) groups is 1. The third kappa shape index (κ3) is 5.21. The molecule has 21 heavy (non-hydrogen) atoms. The molecule has 7 heteroatoms. The molecular weight excluding hydrogens is 305 g/mol. The van der Waals surface area contributed by atoms with Crippen LogP contribution in [0.2, 0.25) is 0 Å². The lowest BCUT2D eigenvalue weighted by Gasteiger charge is -2.18. The fourth-order valence-corrected chi connectivity index (χ4v) is 1.74. The van der Waals surface area contributed by atoms with E-state index in [4.69, 9.17) is 5.73 Å². The summed E-state index contributed by atoms with van der Waals surface area (Å²) in [7, 11) is 0. The Morgan fingerprint density at radius 1 is 1.38 bits per heavy atom. The lowest BCUT2D eigenvalue weighted by atomic mass is 9.99. The van der Waals surface area contributed by atoms with E-state index in [-0.39, 0.29) is 29.6 Å². The van der Waals surface area contributed by atoms with E-state index in [1.54, 1.807) is 0 Å². The molecule has 1 aromatic rings. The number of rotatable bonds is 4. The van der Waals surface area contributed by atoms with Crippen molar-refractivity contribution in [3.05, 3.63) is 29.3 Å². The number of anilines is 1. The minimum absolute atomic E-state index is 0. The van der Waals surface area contributed by atoms with Crippen molar-refractivity contribution in [1.82, 2.24) is 0 Å². The van der Waals surface area contributed by atoms with Crippen molar-refractivity contribution >= 4 is 24.0 Å². The number of hydrogen-bond acceptors (Lipinski definition) is 2. The summed E-state index contributed by atoms with van der Waals surface area (Å²) in [5, 5.41) is 2.43. The number of benzene rings is 1. The maximum atomic E-state index is 12.8. The molecule has 0 saturated carbocycles. The van der Waals surface area contributed by atoms with Crippen LogP contribution in [0.3, 0.4) is 0 Å². The van der Waals surface area contributed by atoms with Crippen LogP contribution in [0.5, 0.6) is 0 Å². The van der Waals surface area contributed by atoms with Gasteiger partial charge in [-0.2, -0.15) is 13.2 Å². The first-order valence-corrected chi connectivity index (χ1v) is 6.41. The second-order valence-electron chi connectivity index (χ2n) is 4.93. The van der Waals surface area contributed by atoms with Crippen LogP contribution < -0.4 is 11.1 Å². The molecule has 0 aliphatic rings. The minimum atomic E-state index is -4.44. The van der Waals surface area contributed by atoms with E-state index >= 15 is 0 Å². The highest BCUT2D eigenvalue weighted by molar-refractivity contribution is 5.95. The second kappa shape index (κ2) is 7.66. The molecule has 3 N–H and O–H groups in total. The van der Waals surface area contributed by atoms with Crippen molar-refractivity contribution in [2.75, 3.05) is 5.32 Å². The summed E-state index contributed by atoms with van der Waals surface area (Å²) < 4.78 is 38.3. The Bertz CT molecular complexity index is 492. The molecular formula is C14H20ClF3N2O. The minimum Gasteiger partial charge on any atom is -0.325 e. The molecule has 1 amide bonds. The molecule has 0 saturated heterocycles. The summed E-state index contributed by atoms with van der Waals surface area (Å²) in [4.78, 5) is 11.8. The molecule has 3 nitrogen and oxygen atoms in total. The van der Waals surface area contributed by atoms with Crippen LogP contribution in [0.4, 0.5) is 18.9 Å². The van der Waals surface area contributed by atoms with Crippen LogP contribution in [0.1, 0.15) is 31.4 Å². The first-order chi connectivity index (χ1) is 9.16. The molecule has 1 aromatic carbocycles. The van der Waals surface area contributed by atoms with Gasteiger partial charge < -0.3 is 11.1 Å². The Kier molecular flexibility index (Phi) is 7.19. The summed E-state index contributed by atoms with van der Waals surface area (Å²) in [5.41, 5.74) is 5.20. The third-order valence-electron chi connectivity index (χ3n) is 3.37. The predicted molar refractivity (Wildman–Crippen MR) is 79.5 cm³/mol. The van der Waals surface area contributed by atoms with Gasteiger partial charge in [0, 0.05) is 5.69 Å². The van der Waals surface area contributed by atoms with E-state index in [2.05, 4.69) is 5.32 Å². The molecule has 120 valence electrons. The van der Waals surface area contributed by atoms with Crippen LogP contribution in [-0.2, 0) is 11.0 Å². The lowest BCUT2D eigenvalue weighted by Crippen LogP contribution is -2.40. The summed E-state index contributed by atoms with van der Waals surface area (Å²) >= 11 is 0. The van der Waals surface area contributed by atoms with E-state index in [1.807, 2.05) is 13.8 Å². The van der Waals surface area contributed by atoms with Gasteiger partial charge in [-0.25, -0.2) is 0 Å². The van der Waals surface area contributed by atoms with Gasteiger partial charge in [-0.3, -0.25) is 4.79 Å². The van der Waals surface area contributed by atoms with Crippen molar-refractivity contribution in [2.24, 2.45) is 11.7 Å². The zero-order chi connectivity index (χ0) is 15.5. The highest BCUT2D eigenvalue weighted by Crippen LogP contribution is 2.33. The molecule has 2 unspecified atom stereocenters. The van der Waals surface area contributed by atoms with Crippen LogP contribution in [0, 0.1) is 12.8 Å². The Balaban J connectivity index is 0.00000400. The third-order valence-corrected chi connectivity index (χ3v) is 3.37. The van der Waals surface area contributed by atoms with E-state index in [9.17, 15) is 18.0 Å². The summed E-state index contributed by atoms with van der Waals surface area (Å²) in [6.07, 6.45) is -3.72. The Morgan fingerprint density at radius 2 is 1.95 bits per heavy atom. The van der Waals surface area contributed by atoms with Gasteiger partial charge in [0.15, 0.2) is 0 Å². The predicted octanol–water partition coefficient (Wildman–Crippen LogP) is 3.75. The molecule has 0 radical (unpaired) electrons. The van der Waals surface area contributed by atoms with Gasteiger partial charge in [-0.15, -0.1) is 12.4 Å². The van der Waals surface area contributed by atoms with E-state index < -0.39 is 23.7 Å². The number of amides is 1. The Hall–Kier alpha value is -1.27. The molecule has 0 bridgehead atoms. The largest absolute Gasteiger partial charge is 0.416 e. The first kappa shape index (κ1) is 19.7. The SMILES string of the molecule is CCC(C)C(N)C(=O)Nc1ccc(C)c(C(F)(F)F)c1.Cl. The quantitative estimate of drug-likeness (QED) is 0.886. The average molecular weight is 325 g/mol. The maximum Gasteiger partial charge on any atom is 0.416 e. The summed E-state index contributed by atoms with van der Waals surface area (Å²) in [6.45, 7) is 5.09. The molecule has 1 rings (SSSR count). The zero-order valence-electron chi connectivity index (χ0n) is 12.1. The van der Waals surface area contributed by atoms with Crippen molar-refractivity contribution in [2.45, 2.75) is 39.4 Å². The van der Waals surface area contributed by atoms with Crippen LogP contribution in [0.25, 0.3) is 0 Å². The van der Waals surface area contributed by atoms with E-state index in [0.717, 1.165) is 12.5 Å². The van der Waals surface area contributed by atoms with Gasteiger partial charge in [0.1, 0.15) is 0 Å². The van der Waals surface area contributed by atoms with Crippen molar-refractivity contribution < 1.29 is 18.0 Å². The molecule has 0 spiro atoms. The monoisotopic (exact) mass is 324 g/mol. The van der Waals surface area contributed by atoms with E-state index in [0.29, 0.717) is 0 Å². The zero-order valence-corrected chi connectivity index (χ0v) is 12.9. The Morgan fingerprint density at radius 3 is 2.43 bits per heavy atom. The molecule has 2 atom stereocenters. The standard InChI is InChI=1S/C14H19F3N2O.ClH/c1-4-8(2)12(18)13(20)19-10-6-5-9(3)11(7-10)14(15,16)17;/h5-8,12H,4,18H2,1-3H3,(H,19,20);1H. The van der Waals surface area contributed by atoms with Gasteiger partial charge in [0.05, 0.1) is 11.6 Å². The van der Waals surface area contributed by atoms with Gasteiger partial charge in [-0.05, 0) is 30.5 Å². The molecule has 0 heterocycles. The fourth-order valence-electron chi connectivity index (χ4n) is 1.74.